The Morgan fingerprint density at radius 3 is 2.76 bits per heavy atom. The van der Waals surface area contributed by atoms with Crippen molar-refractivity contribution in [3.05, 3.63) is 58.4 Å². The summed E-state index contributed by atoms with van der Waals surface area (Å²) in [6, 6.07) is 9.65. The summed E-state index contributed by atoms with van der Waals surface area (Å²) in [4.78, 5) is 2.69. The highest BCUT2D eigenvalue weighted by atomic mass is 35.5. The number of aromatic hydroxyl groups is 2. The molecule has 7 heteroatoms. The molecule has 0 radical (unpaired) electrons. The van der Waals surface area contributed by atoms with Crippen LogP contribution in [0.1, 0.15) is 29.2 Å². The van der Waals surface area contributed by atoms with Gasteiger partial charge in [0, 0.05) is 54.2 Å². The summed E-state index contributed by atoms with van der Waals surface area (Å²) < 4.78 is 12.8. The van der Waals surface area contributed by atoms with Crippen molar-refractivity contribution in [2.24, 2.45) is 0 Å². The molecule has 29 heavy (non-hydrogen) atoms. The van der Waals surface area contributed by atoms with Crippen LogP contribution in [0.3, 0.4) is 0 Å². The Kier molecular flexibility index (Phi) is 5.85. The van der Waals surface area contributed by atoms with Crippen LogP contribution in [-0.2, 0) is 22.4 Å². The summed E-state index contributed by atoms with van der Waals surface area (Å²) >= 11 is 6.48. The summed E-state index contributed by atoms with van der Waals surface area (Å²) in [6.45, 7) is 2.65. The van der Waals surface area contributed by atoms with Crippen molar-refractivity contribution in [1.82, 2.24) is 9.55 Å². The SMILES string of the molecule is COCCOCCCn1ccc2c1CC(c1ccccc1Cl)c1c(O)[nH]c(O)c1-2. The first-order valence-electron chi connectivity index (χ1n) is 9.75. The van der Waals surface area contributed by atoms with Crippen molar-refractivity contribution in [2.45, 2.75) is 25.3 Å². The van der Waals surface area contributed by atoms with Gasteiger partial charge in [0.15, 0.2) is 11.8 Å². The number of H-pyrrole nitrogens is 1. The Bertz CT molecular complexity index is 995. The van der Waals surface area contributed by atoms with Gasteiger partial charge in [0.2, 0.25) is 0 Å². The van der Waals surface area contributed by atoms with Gasteiger partial charge in [-0.2, -0.15) is 0 Å². The number of hydrogen-bond donors (Lipinski definition) is 3. The van der Waals surface area contributed by atoms with E-state index in [2.05, 4.69) is 9.55 Å². The molecule has 2 aromatic heterocycles. The van der Waals surface area contributed by atoms with Gasteiger partial charge in [-0.15, -0.1) is 0 Å². The summed E-state index contributed by atoms with van der Waals surface area (Å²) in [6.07, 6.45) is 3.59. The molecule has 0 saturated carbocycles. The van der Waals surface area contributed by atoms with Crippen molar-refractivity contribution < 1.29 is 19.7 Å². The lowest BCUT2D eigenvalue weighted by molar-refractivity contribution is 0.0679. The molecule has 154 valence electrons. The molecular weight excluding hydrogens is 392 g/mol. The quantitative estimate of drug-likeness (QED) is 0.478. The van der Waals surface area contributed by atoms with E-state index in [1.165, 1.54) is 0 Å². The number of benzene rings is 1. The zero-order valence-electron chi connectivity index (χ0n) is 16.3. The average Bonchev–Trinajstić information content (AvgIpc) is 3.25. The standard InChI is InChI=1S/C22H25ClN2O4/c1-28-11-12-29-10-4-8-25-9-7-15-18(25)13-16(14-5-2-3-6-17(14)23)20-19(15)21(26)24-22(20)27/h2-3,5-7,9,16,24,26-27H,4,8,10-13H2,1H3. The van der Waals surface area contributed by atoms with E-state index in [-0.39, 0.29) is 17.7 Å². The maximum atomic E-state index is 10.5. The van der Waals surface area contributed by atoms with Crippen LogP contribution in [0.4, 0.5) is 0 Å². The minimum Gasteiger partial charge on any atom is -0.494 e. The van der Waals surface area contributed by atoms with Crippen LogP contribution in [0, 0.1) is 0 Å². The molecular formula is C22H25ClN2O4. The number of aryl methyl sites for hydroxylation is 1. The van der Waals surface area contributed by atoms with Gasteiger partial charge in [0.1, 0.15) is 0 Å². The molecule has 0 aliphatic heterocycles. The van der Waals surface area contributed by atoms with Crippen LogP contribution in [0.25, 0.3) is 11.1 Å². The Hall–Kier alpha value is -2.41. The number of hydrogen-bond acceptors (Lipinski definition) is 4. The number of fused-ring (bicyclic) bond motifs is 3. The fourth-order valence-corrected chi connectivity index (χ4v) is 4.44. The molecule has 3 aromatic rings. The first-order chi connectivity index (χ1) is 14.1. The second-order valence-electron chi connectivity index (χ2n) is 7.22. The highest BCUT2D eigenvalue weighted by Gasteiger charge is 2.35. The van der Waals surface area contributed by atoms with Gasteiger partial charge >= 0.3 is 0 Å². The minimum atomic E-state index is -0.144. The van der Waals surface area contributed by atoms with Gasteiger partial charge in [0.05, 0.1) is 18.8 Å². The number of methoxy groups -OCH3 is 1. The maximum Gasteiger partial charge on any atom is 0.199 e. The number of rotatable bonds is 8. The van der Waals surface area contributed by atoms with Gasteiger partial charge in [-0.3, -0.25) is 4.98 Å². The van der Waals surface area contributed by atoms with Crippen molar-refractivity contribution in [3.63, 3.8) is 0 Å². The second kappa shape index (κ2) is 8.53. The Morgan fingerprint density at radius 2 is 1.97 bits per heavy atom. The zero-order valence-corrected chi connectivity index (χ0v) is 17.1. The van der Waals surface area contributed by atoms with Crippen LogP contribution in [-0.4, -0.2) is 46.7 Å². The Balaban J connectivity index is 1.64. The number of aromatic nitrogens is 2. The number of nitrogens with one attached hydrogen (secondary N) is 1. The fraction of sp³-hybridized carbons (Fsp3) is 0.364. The van der Waals surface area contributed by atoms with E-state index >= 15 is 0 Å². The first-order valence-corrected chi connectivity index (χ1v) is 10.1. The van der Waals surface area contributed by atoms with Crippen LogP contribution in [0.15, 0.2) is 36.5 Å². The topological polar surface area (TPSA) is 79.6 Å². The van der Waals surface area contributed by atoms with E-state index < -0.39 is 0 Å². The molecule has 0 saturated heterocycles. The third-order valence-corrected chi connectivity index (χ3v) is 5.84. The molecule has 0 bridgehead atoms. The highest BCUT2D eigenvalue weighted by molar-refractivity contribution is 6.31. The number of aromatic amines is 1. The third kappa shape index (κ3) is 3.75. The lowest BCUT2D eigenvalue weighted by Crippen LogP contribution is -2.15. The van der Waals surface area contributed by atoms with Crippen molar-refractivity contribution in [1.29, 1.82) is 0 Å². The van der Waals surface area contributed by atoms with Gasteiger partial charge in [-0.1, -0.05) is 29.8 Å². The van der Waals surface area contributed by atoms with E-state index in [0.717, 1.165) is 29.8 Å². The van der Waals surface area contributed by atoms with Crippen molar-refractivity contribution in [2.75, 3.05) is 26.9 Å². The number of nitrogens with zero attached hydrogens (tertiary/aromatic N) is 1. The van der Waals surface area contributed by atoms with E-state index in [0.29, 0.717) is 42.4 Å². The van der Waals surface area contributed by atoms with Crippen molar-refractivity contribution in [3.8, 4) is 22.9 Å². The third-order valence-electron chi connectivity index (χ3n) is 5.49. The summed E-state index contributed by atoms with van der Waals surface area (Å²) in [5.41, 5.74) is 4.35. The van der Waals surface area contributed by atoms with Gasteiger partial charge in [-0.05, 0) is 30.5 Å². The molecule has 0 amide bonds. The molecule has 6 nitrogen and oxygen atoms in total. The van der Waals surface area contributed by atoms with Crippen LogP contribution < -0.4 is 0 Å². The van der Waals surface area contributed by atoms with Gasteiger partial charge in [-0.25, -0.2) is 0 Å². The normalized spacial score (nSPS) is 15.3. The molecule has 1 aromatic carbocycles. The van der Waals surface area contributed by atoms with Crippen LogP contribution >= 0.6 is 11.6 Å². The zero-order chi connectivity index (χ0) is 20.4. The summed E-state index contributed by atoms with van der Waals surface area (Å²) in [7, 11) is 1.66. The molecule has 1 unspecified atom stereocenters. The van der Waals surface area contributed by atoms with Crippen LogP contribution in [0.5, 0.6) is 11.8 Å². The minimum absolute atomic E-state index is 0.00707. The number of ether oxygens (including phenoxy) is 2. The predicted octanol–water partition coefficient (Wildman–Crippen LogP) is 4.29. The molecule has 1 aliphatic rings. The van der Waals surface area contributed by atoms with Gasteiger partial charge in [0.25, 0.3) is 0 Å². The first kappa shape index (κ1) is 19.9. The monoisotopic (exact) mass is 416 g/mol. The lowest BCUT2D eigenvalue weighted by atomic mass is 9.79. The Morgan fingerprint density at radius 1 is 1.14 bits per heavy atom. The average molecular weight is 417 g/mol. The van der Waals surface area contributed by atoms with Gasteiger partial charge < -0.3 is 24.3 Å². The number of halogens is 1. The van der Waals surface area contributed by atoms with E-state index in [9.17, 15) is 10.2 Å². The summed E-state index contributed by atoms with van der Waals surface area (Å²) in [5, 5.41) is 21.6. The molecule has 1 aliphatic carbocycles. The smallest absolute Gasteiger partial charge is 0.199 e. The molecule has 0 spiro atoms. The maximum absolute atomic E-state index is 10.5. The summed E-state index contributed by atoms with van der Waals surface area (Å²) in [5.74, 6) is -0.168. The molecule has 1 atom stereocenters. The largest absolute Gasteiger partial charge is 0.494 e. The fourth-order valence-electron chi connectivity index (χ4n) is 4.17. The Labute approximate surface area is 174 Å². The van der Waals surface area contributed by atoms with E-state index in [4.69, 9.17) is 21.1 Å². The van der Waals surface area contributed by atoms with E-state index in [1.54, 1.807) is 7.11 Å². The predicted molar refractivity (Wildman–Crippen MR) is 112 cm³/mol. The van der Waals surface area contributed by atoms with Crippen LogP contribution in [0.2, 0.25) is 5.02 Å². The second-order valence-corrected chi connectivity index (χ2v) is 7.62. The molecule has 4 rings (SSSR count). The molecule has 0 fully saturated rings. The van der Waals surface area contributed by atoms with Crippen molar-refractivity contribution >= 4 is 11.6 Å². The highest BCUT2D eigenvalue weighted by Crippen LogP contribution is 2.51. The molecule has 3 N–H and O–H groups in total. The van der Waals surface area contributed by atoms with E-state index in [1.807, 2.05) is 36.5 Å². The molecule has 2 heterocycles. The lowest BCUT2D eigenvalue weighted by Gasteiger charge is -2.26.